The Morgan fingerprint density at radius 3 is 0.868 bits per heavy atom. The number of benzene rings is 6. The van der Waals surface area contributed by atoms with Gasteiger partial charge in [0.1, 0.15) is 0 Å². The Morgan fingerprint density at radius 2 is 0.566 bits per heavy atom. The third-order valence-corrected chi connectivity index (χ3v) is 15.3. The molecular formula is C50H36N2Si. The van der Waals surface area contributed by atoms with Gasteiger partial charge in [0.25, 0.3) is 0 Å². The summed E-state index contributed by atoms with van der Waals surface area (Å²) >= 11 is 0. The van der Waals surface area contributed by atoms with Gasteiger partial charge in [-0.05, 0) is 66.3 Å². The molecule has 1 aliphatic rings. The summed E-state index contributed by atoms with van der Waals surface area (Å²) in [6.45, 7) is 0. The SMILES string of the molecule is c1ccc(C2=C(c3ccc(-c4ccccc4)nc3)[Si](c3ccccc3)(c3ccccc3)C(c3ccc(-c4ccccc4)nc3)=C2c2ccccc2)cc1. The third kappa shape index (κ3) is 5.78. The Hall–Kier alpha value is -6.68. The molecule has 6 aromatic carbocycles. The van der Waals surface area contributed by atoms with Gasteiger partial charge < -0.3 is 0 Å². The number of hydrogen-bond donors (Lipinski definition) is 0. The van der Waals surface area contributed by atoms with Crippen LogP contribution in [0.4, 0.5) is 0 Å². The summed E-state index contributed by atoms with van der Waals surface area (Å²) in [5.74, 6) is 0. The standard InChI is InChI=1S/C50H36N2Si/c1-7-19-37(20-8-1)45-33-31-41(35-51-45)49-47(39-23-11-3-12-24-39)48(40-25-13-4-14-26-40)50(42-32-34-46(52-36-42)38-21-9-2-10-22-38)53(49,43-27-15-5-16-28-43)44-29-17-6-18-30-44/h1-36H. The van der Waals surface area contributed by atoms with Gasteiger partial charge in [-0.15, -0.1) is 0 Å². The molecule has 0 unspecified atom stereocenters. The number of pyridine rings is 2. The van der Waals surface area contributed by atoms with Crippen LogP contribution in [0, 0.1) is 0 Å². The summed E-state index contributed by atoms with van der Waals surface area (Å²) in [5.41, 5.74) is 11.2. The van der Waals surface area contributed by atoms with Crippen LogP contribution in [-0.2, 0) is 0 Å². The Bertz CT molecular complexity index is 2350. The van der Waals surface area contributed by atoms with E-state index in [0.717, 1.165) is 33.6 Å². The lowest BCUT2D eigenvalue weighted by molar-refractivity contribution is 1.31. The van der Waals surface area contributed by atoms with E-state index in [4.69, 9.17) is 9.97 Å². The first-order chi connectivity index (χ1) is 26.3. The molecule has 0 radical (unpaired) electrons. The van der Waals surface area contributed by atoms with Crippen molar-refractivity contribution in [2.75, 3.05) is 0 Å². The maximum Gasteiger partial charge on any atom is 0.182 e. The average Bonchev–Trinajstić information content (AvgIpc) is 3.58. The first-order valence-corrected chi connectivity index (χ1v) is 20.1. The molecule has 0 saturated carbocycles. The van der Waals surface area contributed by atoms with Crippen LogP contribution in [-0.4, -0.2) is 18.0 Å². The van der Waals surface area contributed by atoms with Gasteiger partial charge >= 0.3 is 0 Å². The van der Waals surface area contributed by atoms with Crippen LogP contribution >= 0.6 is 0 Å². The smallest absolute Gasteiger partial charge is 0.182 e. The molecule has 0 fully saturated rings. The monoisotopic (exact) mass is 692 g/mol. The predicted octanol–water partition coefficient (Wildman–Crippen LogP) is 10.7. The minimum Gasteiger partial charge on any atom is -0.256 e. The van der Waals surface area contributed by atoms with Crippen molar-refractivity contribution in [3.8, 4) is 22.5 Å². The molecule has 53 heavy (non-hydrogen) atoms. The van der Waals surface area contributed by atoms with Crippen LogP contribution in [0.1, 0.15) is 22.3 Å². The molecule has 3 heterocycles. The minimum absolute atomic E-state index is 0.957. The highest BCUT2D eigenvalue weighted by molar-refractivity contribution is 7.29. The van der Waals surface area contributed by atoms with E-state index < -0.39 is 8.07 Å². The fourth-order valence-electron chi connectivity index (χ4n) is 8.02. The topological polar surface area (TPSA) is 25.8 Å². The van der Waals surface area contributed by atoms with Crippen molar-refractivity contribution in [3.63, 3.8) is 0 Å². The van der Waals surface area contributed by atoms with Gasteiger partial charge in [0.15, 0.2) is 8.07 Å². The molecule has 1 aliphatic heterocycles. The van der Waals surface area contributed by atoms with Crippen molar-refractivity contribution in [1.29, 1.82) is 0 Å². The fourth-order valence-corrected chi connectivity index (χ4v) is 13.6. The molecule has 0 aliphatic carbocycles. The number of aromatic nitrogens is 2. The third-order valence-electron chi connectivity index (χ3n) is 10.3. The first-order valence-electron chi connectivity index (χ1n) is 18.1. The lowest BCUT2D eigenvalue weighted by Crippen LogP contribution is -2.59. The zero-order chi connectivity index (χ0) is 35.5. The molecule has 0 spiro atoms. The van der Waals surface area contributed by atoms with Crippen LogP contribution in [0.3, 0.4) is 0 Å². The molecule has 3 heteroatoms. The Kier molecular flexibility index (Phi) is 8.61. The second-order valence-electron chi connectivity index (χ2n) is 13.3. The first kappa shape index (κ1) is 32.2. The molecule has 9 rings (SSSR count). The van der Waals surface area contributed by atoms with Crippen LogP contribution in [0.5, 0.6) is 0 Å². The van der Waals surface area contributed by atoms with Crippen LogP contribution in [0.25, 0.3) is 44.1 Å². The fraction of sp³-hybridized carbons (Fsp3) is 0. The largest absolute Gasteiger partial charge is 0.256 e. The lowest BCUT2D eigenvalue weighted by atomic mass is 9.89. The number of allylic oxidation sites excluding steroid dienone is 2. The number of hydrogen-bond acceptors (Lipinski definition) is 2. The average molecular weight is 693 g/mol. The summed E-state index contributed by atoms with van der Waals surface area (Å²) in [6, 6.07) is 74.1. The normalized spacial score (nSPS) is 13.7. The second kappa shape index (κ2) is 14.1. The van der Waals surface area contributed by atoms with E-state index in [1.165, 1.54) is 43.0 Å². The zero-order valence-corrected chi connectivity index (χ0v) is 30.2. The van der Waals surface area contributed by atoms with Crippen molar-refractivity contribution in [3.05, 3.63) is 241 Å². The van der Waals surface area contributed by atoms with Crippen molar-refractivity contribution in [2.24, 2.45) is 0 Å². The summed E-state index contributed by atoms with van der Waals surface area (Å²) in [7, 11) is -3.13. The lowest BCUT2D eigenvalue weighted by Gasteiger charge is -2.36. The quantitative estimate of drug-likeness (QED) is 0.148. The highest BCUT2D eigenvalue weighted by Crippen LogP contribution is 2.55. The van der Waals surface area contributed by atoms with Crippen molar-refractivity contribution >= 4 is 40.0 Å². The van der Waals surface area contributed by atoms with Crippen LogP contribution < -0.4 is 10.4 Å². The van der Waals surface area contributed by atoms with Gasteiger partial charge in [-0.1, -0.05) is 194 Å². The highest BCUT2D eigenvalue weighted by atomic mass is 28.3. The summed E-state index contributed by atoms with van der Waals surface area (Å²) in [4.78, 5) is 10.3. The molecule has 0 saturated heterocycles. The maximum atomic E-state index is 5.17. The maximum absolute atomic E-state index is 5.17. The van der Waals surface area contributed by atoms with Crippen molar-refractivity contribution < 1.29 is 0 Å². The van der Waals surface area contributed by atoms with E-state index in [-0.39, 0.29) is 0 Å². The van der Waals surface area contributed by atoms with E-state index in [9.17, 15) is 0 Å². The van der Waals surface area contributed by atoms with Gasteiger partial charge in [-0.2, -0.15) is 0 Å². The molecule has 2 aromatic heterocycles. The van der Waals surface area contributed by atoms with E-state index in [2.05, 4.69) is 207 Å². The van der Waals surface area contributed by atoms with Crippen molar-refractivity contribution in [1.82, 2.24) is 9.97 Å². The van der Waals surface area contributed by atoms with Gasteiger partial charge in [0.2, 0.25) is 0 Å². The summed E-state index contributed by atoms with van der Waals surface area (Å²) < 4.78 is 0. The zero-order valence-electron chi connectivity index (χ0n) is 29.2. The van der Waals surface area contributed by atoms with Crippen molar-refractivity contribution in [2.45, 2.75) is 0 Å². The Labute approximate surface area is 312 Å². The van der Waals surface area contributed by atoms with Gasteiger partial charge in [-0.25, -0.2) is 0 Å². The molecule has 250 valence electrons. The van der Waals surface area contributed by atoms with E-state index >= 15 is 0 Å². The van der Waals surface area contributed by atoms with Crippen LogP contribution in [0.2, 0.25) is 0 Å². The second-order valence-corrected chi connectivity index (χ2v) is 17.0. The van der Waals surface area contributed by atoms with E-state index in [1.807, 2.05) is 12.1 Å². The number of rotatable bonds is 8. The van der Waals surface area contributed by atoms with E-state index in [1.54, 1.807) is 0 Å². The number of nitrogens with zero attached hydrogens (tertiary/aromatic N) is 2. The molecule has 2 nitrogen and oxygen atoms in total. The van der Waals surface area contributed by atoms with Crippen LogP contribution in [0.15, 0.2) is 219 Å². The summed E-state index contributed by atoms with van der Waals surface area (Å²) in [5, 5.41) is 5.29. The molecule has 0 atom stereocenters. The predicted molar refractivity (Wildman–Crippen MR) is 224 cm³/mol. The van der Waals surface area contributed by atoms with Gasteiger partial charge in [0.05, 0.1) is 11.4 Å². The van der Waals surface area contributed by atoms with Gasteiger partial charge in [0, 0.05) is 23.5 Å². The molecule has 0 N–H and O–H groups in total. The van der Waals surface area contributed by atoms with E-state index in [0.29, 0.717) is 0 Å². The van der Waals surface area contributed by atoms with Gasteiger partial charge in [-0.3, -0.25) is 9.97 Å². The Morgan fingerprint density at radius 1 is 0.264 bits per heavy atom. The highest BCUT2D eigenvalue weighted by Gasteiger charge is 2.53. The molecule has 0 bridgehead atoms. The molecule has 8 aromatic rings. The summed E-state index contributed by atoms with van der Waals surface area (Å²) in [6.07, 6.45) is 4.22. The molecule has 0 amide bonds. The Balaban J connectivity index is 1.43. The molecular weight excluding hydrogens is 657 g/mol. The minimum atomic E-state index is -3.13.